The van der Waals surface area contributed by atoms with Gasteiger partial charge in [-0.15, -0.1) is 0 Å². The van der Waals surface area contributed by atoms with Gasteiger partial charge in [-0.3, -0.25) is 0 Å². The Labute approximate surface area is 80.5 Å². The van der Waals surface area contributed by atoms with Gasteiger partial charge >= 0.3 is 80.7 Å². The zero-order chi connectivity index (χ0) is 9.19. The summed E-state index contributed by atoms with van der Waals surface area (Å²) in [6.07, 6.45) is 0. The first-order valence-electron chi connectivity index (χ1n) is 4.31. The van der Waals surface area contributed by atoms with Crippen molar-refractivity contribution in [3.8, 4) is 0 Å². The Kier molecular flexibility index (Phi) is 3.15. The van der Waals surface area contributed by atoms with Gasteiger partial charge in [0.25, 0.3) is 0 Å². The Balaban J connectivity index is 2.86. The fraction of sp³-hybridized carbons (Fsp3) is 0.400. The first-order chi connectivity index (χ1) is 5.52. The zero-order valence-corrected chi connectivity index (χ0v) is 12.2. The van der Waals surface area contributed by atoms with Gasteiger partial charge in [0.1, 0.15) is 0 Å². The first kappa shape index (κ1) is 10.0. The van der Waals surface area contributed by atoms with E-state index in [1.807, 2.05) is 0 Å². The van der Waals surface area contributed by atoms with Crippen molar-refractivity contribution in [3.63, 3.8) is 0 Å². The molecule has 0 aliphatic rings. The van der Waals surface area contributed by atoms with Crippen LogP contribution in [0.2, 0.25) is 13.4 Å². The number of hydrogen-bond acceptors (Lipinski definition) is 1. The molecule has 0 aromatic heterocycles. The van der Waals surface area contributed by atoms with Crippen LogP contribution in [0, 0.1) is 0 Å². The summed E-state index contributed by atoms with van der Waals surface area (Å²) in [5.41, 5.74) is 1.37. The molecule has 0 fully saturated rings. The Morgan fingerprint density at radius 1 is 1.00 bits per heavy atom. The molecule has 0 atom stereocenters. The molecule has 12 heavy (non-hydrogen) atoms. The molecule has 0 spiro atoms. The molecule has 0 aliphatic heterocycles. The third-order valence-electron chi connectivity index (χ3n) is 2.15. The Morgan fingerprint density at radius 2 is 1.50 bits per heavy atom. The number of rotatable bonds is 2. The van der Waals surface area contributed by atoms with Gasteiger partial charge in [0.05, 0.1) is 0 Å². The minimum atomic E-state index is -1.99. The van der Waals surface area contributed by atoms with Gasteiger partial charge in [0.15, 0.2) is 0 Å². The number of para-hydroxylation sites is 1. The minimum absolute atomic E-state index is 1.37. The Morgan fingerprint density at radius 3 is 1.92 bits per heavy atom. The molecule has 0 heterocycles. The molecule has 0 unspecified atom stereocenters. The Bertz CT molecular complexity index is 238. The van der Waals surface area contributed by atoms with E-state index in [0.29, 0.717) is 0 Å². The molecule has 0 radical (unpaired) electrons. The van der Waals surface area contributed by atoms with E-state index in [-0.39, 0.29) is 0 Å². The summed E-state index contributed by atoms with van der Waals surface area (Å²) in [4.78, 5) is 0. The number of benzene rings is 1. The average Bonchev–Trinajstić information content (AvgIpc) is 2.03. The summed E-state index contributed by atoms with van der Waals surface area (Å²) >= 11 is -1.99. The Hall–Kier alpha value is -0.0579. The number of hydrogen-bond donors (Lipinski definition) is 0. The molecule has 1 nitrogen and oxygen atoms in total. The second kappa shape index (κ2) is 3.77. The molecular formula is C10H17NPb. The van der Waals surface area contributed by atoms with Crippen LogP contribution in [0.5, 0.6) is 0 Å². The molecule has 1 aromatic carbocycles. The van der Waals surface area contributed by atoms with E-state index < -0.39 is 21.5 Å². The standard InChI is InChI=1S/C7H8N.3CH3.Pb/c1-8-7-5-3-2-4-6-7;;;;/h2-6H,1H3;3*1H3;/q-1;;;;+1. The van der Waals surface area contributed by atoms with Crippen LogP contribution < -0.4 is 2.71 Å². The van der Waals surface area contributed by atoms with Gasteiger partial charge < -0.3 is 0 Å². The van der Waals surface area contributed by atoms with Gasteiger partial charge in [0.2, 0.25) is 0 Å². The summed E-state index contributed by atoms with van der Waals surface area (Å²) in [6.45, 7) is 0. The van der Waals surface area contributed by atoms with Gasteiger partial charge in [-0.25, -0.2) is 0 Å². The molecule has 1 aromatic rings. The van der Waals surface area contributed by atoms with Crippen LogP contribution >= 0.6 is 0 Å². The summed E-state index contributed by atoms with van der Waals surface area (Å²) in [6, 6.07) is 10.6. The molecular weight excluding hydrogens is 341 g/mol. The van der Waals surface area contributed by atoms with Crippen LogP contribution in [-0.2, 0) is 0 Å². The molecule has 2 heteroatoms. The van der Waals surface area contributed by atoms with Gasteiger partial charge in [-0.05, 0) is 0 Å². The summed E-state index contributed by atoms with van der Waals surface area (Å²) < 4.78 is 9.78. The molecule has 1 rings (SSSR count). The van der Waals surface area contributed by atoms with Crippen molar-refractivity contribution in [1.29, 1.82) is 0 Å². The van der Waals surface area contributed by atoms with Gasteiger partial charge in [-0.1, -0.05) is 0 Å². The SMILES string of the molecule is C[N](c1ccccc1)[Pb]([CH3])([CH3])[CH3]. The zero-order valence-electron chi connectivity index (χ0n) is 8.33. The van der Waals surface area contributed by atoms with E-state index in [2.05, 4.69) is 53.5 Å². The van der Waals surface area contributed by atoms with Crippen LogP contribution in [0.3, 0.4) is 0 Å². The van der Waals surface area contributed by atoms with Crippen LogP contribution in [0.25, 0.3) is 0 Å². The molecule has 0 saturated heterocycles. The van der Waals surface area contributed by atoms with Gasteiger partial charge in [0, 0.05) is 0 Å². The van der Waals surface area contributed by atoms with E-state index in [1.165, 1.54) is 5.69 Å². The summed E-state index contributed by atoms with van der Waals surface area (Å²) in [5, 5.41) is 0. The van der Waals surface area contributed by atoms with Crippen LogP contribution in [0.15, 0.2) is 30.3 Å². The second-order valence-electron chi connectivity index (χ2n) is 4.07. The van der Waals surface area contributed by atoms with Crippen LogP contribution in [0.4, 0.5) is 5.69 Å². The maximum atomic E-state index is 2.49. The topological polar surface area (TPSA) is 3.24 Å². The van der Waals surface area contributed by atoms with Crippen molar-refractivity contribution >= 4 is 27.2 Å². The van der Waals surface area contributed by atoms with E-state index in [4.69, 9.17) is 0 Å². The normalized spacial score (nSPS) is 11.3. The van der Waals surface area contributed by atoms with Crippen molar-refractivity contribution in [2.75, 3.05) is 9.76 Å². The molecule has 66 valence electrons. The molecule has 0 amide bonds. The molecule has 0 aliphatic carbocycles. The molecule has 0 N–H and O–H groups in total. The van der Waals surface area contributed by atoms with E-state index in [0.717, 1.165) is 0 Å². The van der Waals surface area contributed by atoms with Crippen molar-refractivity contribution in [2.45, 2.75) is 13.4 Å². The third kappa shape index (κ3) is 2.47. The van der Waals surface area contributed by atoms with E-state index in [1.54, 1.807) is 0 Å². The van der Waals surface area contributed by atoms with Crippen molar-refractivity contribution < 1.29 is 0 Å². The van der Waals surface area contributed by atoms with Crippen molar-refractivity contribution in [2.24, 2.45) is 0 Å². The second-order valence-corrected chi connectivity index (χ2v) is 23.6. The molecule has 0 saturated carbocycles. The number of nitrogens with zero attached hydrogens (tertiary/aromatic N) is 1. The van der Waals surface area contributed by atoms with E-state index >= 15 is 0 Å². The summed E-state index contributed by atoms with van der Waals surface area (Å²) in [5.74, 6) is 0. The van der Waals surface area contributed by atoms with E-state index in [9.17, 15) is 0 Å². The maximum absolute atomic E-state index is 2.49. The quantitative estimate of drug-likeness (QED) is 0.735. The average molecular weight is 358 g/mol. The third-order valence-corrected chi connectivity index (χ3v) is 11.0. The summed E-state index contributed by atoms with van der Waals surface area (Å²) in [7, 11) is 2.22. The first-order valence-corrected chi connectivity index (χ1v) is 17.7. The fourth-order valence-corrected chi connectivity index (χ4v) is 4.63. The fourth-order valence-electron chi connectivity index (χ4n) is 1.04. The molecule has 0 bridgehead atoms. The monoisotopic (exact) mass is 359 g/mol. The van der Waals surface area contributed by atoms with Crippen molar-refractivity contribution in [3.05, 3.63) is 30.3 Å². The van der Waals surface area contributed by atoms with Crippen LogP contribution in [-0.4, -0.2) is 28.5 Å². The van der Waals surface area contributed by atoms with Gasteiger partial charge in [-0.2, -0.15) is 0 Å². The van der Waals surface area contributed by atoms with Crippen molar-refractivity contribution in [1.82, 2.24) is 0 Å². The van der Waals surface area contributed by atoms with Crippen LogP contribution in [0.1, 0.15) is 0 Å². The predicted octanol–water partition coefficient (Wildman–Crippen LogP) is 2.96. The number of anilines is 1. The predicted molar refractivity (Wildman–Crippen MR) is 58.2 cm³/mol.